The van der Waals surface area contributed by atoms with Gasteiger partial charge in [-0.15, -0.1) is 0 Å². The Balaban J connectivity index is 1.58. The van der Waals surface area contributed by atoms with Crippen molar-refractivity contribution in [1.29, 1.82) is 0 Å². The Bertz CT molecular complexity index is 490. The second kappa shape index (κ2) is 9.22. The van der Waals surface area contributed by atoms with E-state index in [1.54, 1.807) is 0 Å². The topological polar surface area (TPSA) is 29.5 Å². The van der Waals surface area contributed by atoms with Crippen LogP contribution in [-0.4, -0.2) is 37.1 Å². The van der Waals surface area contributed by atoms with Crippen LogP contribution in [-0.2, 0) is 9.53 Å². The number of benzene rings is 1. The fraction of sp³-hybridized carbons (Fsp3) is 0.667. The third-order valence-electron chi connectivity index (χ3n) is 5.63. The highest BCUT2D eigenvalue weighted by Gasteiger charge is 2.32. The average Bonchev–Trinajstić information content (AvgIpc) is 2.65. The first-order chi connectivity index (χ1) is 11.8. The molecule has 3 nitrogen and oxygen atoms in total. The molecule has 0 N–H and O–H groups in total. The standard InChI is InChI=1S/C21H31NO2/c23-21(24-17-16-22-14-8-3-9-15-22)20(18-10-4-1-5-11-18)19-12-6-2-7-13-19/h1,4-5,10-11,19-20H,2-3,6-9,12-17H2. The van der Waals surface area contributed by atoms with Crippen molar-refractivity contribution in [2.45, 2.75) is 57.3 Å². The van der Waals surface area contributed by atoms with Crippen LogP contribution in [0.1, 0.15) is 62.8 Å². The number of esters is 1. The van der Waals surface area contributed by atoms with Crippen molar-refractivity contribution in [1.82, 2.24) is 4.90 Å². The summed E-state index contributed by atoms with van der Waals surface area (Å²) in [4.78, 5) is 15.3. The molecule has 2 aliphatic rings. The number of rotatable bonds is 6. The van der Waals surface area contributed by atoms with E-state index in [0.29, 0.717) is 12.5 Å². The second-order valence-electron chi connectivity index (χ2n) is 7.36. The summed E-state index contributed by atoms with van der Waals surface area (Å²) in [5.41, 5.74) is 1.13. The molecule has 0 radical (unpaired) electrons. The summed E-state index contributed by atoms with van der Waals surface area (Å²) in [6, 6.07) is 10.3. The minimum Gasteiger partial charge on any atom is -0.464 e. The van der Waals surface area contributed by atoms with Gasteiger partial charge >= 0.3 is 5.97 Å². The molecule has 1 saturated carbocycles. The van der Waals surface area contributed by atoms with E-state index in [1.165, 1.54) is 38.5 Å². The summed E-state index contributed by atoms with van der Waals surface area (Å²) in [5.74, 6) is 0.363. The first kappa shape index (κ1) is 17.5. The molecule has 1 aliphatic heterocycles. The van der Waals surface area contributed by atoms with Gasteiger partial charge in [-0.1, -0.05) is 56.0 Å². The molecular weight excluding hydrogens is 298 g/mol. The van der Waals surface area contributed by atoms with Crippen molar-refractivity contribution >= 4 is 5.97 Å². The molecule has 0 aromatic heterocycles. The highest BCUT2D eigenvalue weighted by Crippen LogP contribution is 2.36. The van der Waals surface area contributed by atoms with E-state index in [9.17, 15) is 4.79 Å². The first-order valence-electron chi connectivity index (χ1n) is 9.78. The summed E-state index contributed by atoms with van der Waals surface area (Å²) in [6.45, 7) is 3.73. The average molecular weight is 329 g/mol. The van der Waals surface area contributed by atoms with Crippen LogP contribution in [0, 0.1) is 5.92 Å². The third kappa shape index (κ3) is 4.83. The molecule has 1 unspecified atom stereocenters. The Labute approximate surface area is 146 Å². The lowest BCUT2D eigenvalue weighted by Crippen LogP contribution is -2.34. The Morgan fingerprint density at radius 2 is 1.67 bits per heavy atom. The van der Waals surface area contributed by atoms with Gasteiger partial charge in [0.05, 0.1) is 5.92 Å². The van der Waals surface area contributed by atoms with Gasteiger partial charge in [0.25, 0.3) is 0 Å². The predicted octanol–water partition coefficient (Wildman–Crippen LogP) is 4.38. The van der Waals surface area contributed by atoms with Gasteiger partial charge in [0.1, 0.15) is 6.61 Å². The van der Waals surface area contributed by atoms with Crippen LogP contribution >= 0.6 is 0 Å². The Hall–Kier alpha value is -1.35. The van der Waals surface area contributed by atoms with Gasteiger partial charge in [-0.3, -0.25) is 9.69 Å². The zero-order chi connectivity index (χ0) is 16.6. The maximum Gasteiger partial charge on any atom is 0.313 e. The molecule has 1 aliphatic carbocycles. The number of carbonyl (C=O) groups is 1. The van der Waals surface area contributed by atoms with Gasteiger partial charge < -0.3 is 4.74 Å². The smallest absolute Gasteiger partial charge is 0.313 e. The zero-order valence-electron chi connectivity index (χ0n) is 14.8. The number of piperidine rings is 1. The van der Waals surface area contributed by atoms with E-state index < -0.39 is 0 Å². The quantitative estimate of drug-likeness (QED) is 0.725. The summed E-state index contributed by atoms with van der Waals surface area (Å²) in [5, 5.41) is 0. The van der Waals surface area contributed by atoms with E-state index in [4.69, 9.17) is 4.74 Å². The van der Waals surface area contributed by atoms with Crippen LogP contribution in [0.15, 0.2) is 30.3 Å². The lowest BCUT2D eigenvalue weighted by atomic mass is 9.77. The summed E-state index contributed by atoms with van der Waals surface area (Å²) in [6.07, 6.45) is 10.0. The number of hydrogen-bond acceptors (Lipinski definition) is 3. The van der Waals surface area contributed by atoms with Crippen LogP contribution in [0.5, 0.6) is 0 Å². The SMILES string of the molecule is O=C(OCCN1CCCCC1)C(c1ccccc1)C1CCCCC1. The summed E-state index contributed by atoms with van der Waals surface area (Å²) in [7, 11) is 0. The molecule has 132 valence electrons. The van der Waals surface area contributed by atoms with Gasteiger partial charge in [-0.25, -0.2) is 0 Å². The molecule has 1 aromatic rings. The monoisotopic (exact) mass is 329 g/mol. The molecule has 3 rings (SSSR count). The van der Waals surface area contributed by atoms with E-state index in [1.807, 2.05) is 18.2 Å². The van der Waals surface area contributed by atoms with Gasteiger partial charge in [-0.2, -0.15) is 0 Å². The molecule has 2 fully saturated rings. The number of carbonyl (C=O) groups excluding carboxylic acids is 1. The maximum atomic E-state index is 12.8. The number of hydrogen-bond donors (Lipinski definition) is 0. The Kier molecular flexibility index (Phi) is 6.71. The van der Waals surface area contributed by atoms with Gasteiger partial charge in [-0.05, 0) is 50.3 Å². The molecule has 0 spiro atoms. The Morgan fingerprint density at radius 3 is 2.38 bits per heavy atom. The highest BCUT2D eigenvalue weighted by atomic mass is 16.5. The molecule has 1 aromatic carbocycles. The largest absolute Gasteiger partial charge is 0.464 e. The maximum absolute atomic E-state index is 12.8. The lowest BCUT2D eigenvalue weighted by molar-refractivity contribution is -0.147. The van der Waals surface area contributed by atoms with Gasteiger partial charge in [0.15, 0.2) is 0 Å². The molecule has 3 heteroatoms. The van der Waals surface area contributed by atoms with Crippen molar-refractivity contribution in [3.8, 4) is 0 Å². The number of likely N-dealkylation sites (tertiary alicyclic amines) is 1. The van der Waals surface area contributed by atoms with Crippen LogP contribution in [0.4, 0.5) is 0 Å². The van der Waals surface area contributed by atoms with Crippen molar-refractivity contribution in [3.05, 3.63) is 35.9 Å². The molecule has 24 heavy (non-hydrogen) atoms. The van der Waals surface area contributed by atoms with Crippen LogP contribution in [0.25, 0.3) is 0 Å². The summed E-state index contributed by atoms with van der Waals surface area (Å²) >= 11 is 0. The fourth-order valence-corrected chi connectivity index (χ4v) is 4.28. The minimum atomic E-state index is -0.0761. The summed E-state index contributed by atoms with van der Waals surface area (Å²) < 4.78 is 5.73. The van der Waals surface area contributed by atoms with E-state index in [2.05, 4.69) is 17.0 Å². The third-order valence-corrected chi connectivity index (χ3v) is 5.63. The lowest BCUT2D eigenvalue weighted by Gasteiger charge is -2.30. The van der Waals surface area contributed by atoms with Crippen LogP contribution < -0.4 is 0 Å². The van der Waals surface area contributed by atoms with Gasteiger partial charge in [0.2, 0.25) is 0 Å². The van der Waals surface area contributed by atoms with E-state index >= 15 is 0 Å². The fourth-order valence-electron chi connectivity index (χ4n) is 4.28. The van der Waals surface area contributed by atoms with Crippen molar-refractivity contribution < 1.29 is 9.53 Å². The molecule has 1 saturated heterocycles. The molecular formula is C21H31NO2. The minimum absolute atomic E-state index is 0.00916. The normalized spacial score (nSPS) is 21.3. The van der Waals surface area contributed by atoms with Crippen LogP contribution in [0.3, 0.4) is 0 Å². The van der Waals surface area contributed by atoms with Crippen LogP contribution in [0.2, 0.25) is 0 Å². The van der Waals surface area contributed by atoms with Crippen molar-refractivity contribution in [3.63, 3.8) is 0 Å². The number of nitrogens with zero attached hydrogens (tertiary/aromatic N) is 1. The van der Waals surface area contributed by atoms with Crippen molar-refractivity contribution in [2.24, 2.45) is 5.92 Å². The zero-order valence-corrected chi connectivity index (χ0v) is 14.8. The van der Waals surface area contributed by atoms with E-state index in [0.717, 1.165) is 38.0 Å². The second-order valence-corrected chi connectivity index (χ2v) is 7.36. The highest BCUT2D eigenvalue weighted by molar-refractivity contribution is 5.78. The predicted molar refractivity (Wildman–Crippen MR) is 97.0 cm³/mol. The number of ether oxygens (including phenoxy) is 1. The molecule has 0 bridgehead atoms. The Morgan fingerprint density at radius 1 is 1.00 bits per heavy atom. The molecule has 0 amide bonds. The first-order valence-corrected chi connectivity index (χ1v) is 9.78. The van der Waals surface area contributed by atoms with Gasteiger partial charge in [0, 0.05) is 6.54 Å². The van der Waals surface area contributed by atoms with E-state index in [-0.39, 0.29) is 11.9 Å². The molecule has 1 heterocycles. The molecule has 1 atom stereocenters. The van der Waals surface area contributed by atoms with Crippen molar-refractivity contribution in [2.75, 3.05) is 26.2 Å².